The molecular weight excluding hydrogens is 295 g/mol. The predicted molar refractivity (Wildman–Crippen MR) is 86.3 cm³/mol. The molecule has 0 unspecified atom stereocenters. The van der Waals surface area contributed by atoms with E-state index in [4.69, 9.17) is 5.73 Å². The van der Waals surface area contributed by atoms with E-state index in [0.29, 0.717) is 24.5 Å². The number of hydrogen-bond donors (Lipinski definition) is 2. The fourth-order valence-electron chi connectivity index (χ4n) is 2.99. The highest BCUT2D eigenvalue weighted by Crippen LogP contribution is 2.28. The minimum atomic E-state index is -0.322. The summed E-state index contributed by atoms with van der Waals surface area (Å²) >= 11 is 0. The van der Waals surface area contributed by atoms with Crippen molar-refractivity contribution in [3.8, 4) is 5.69 Å². The predicted octanol–water partition coefficient (Wildman–Crippen LogP) is 1.89. The first-order valence-electron chi connectivity index (χ1n) is 7.97. The number of rotatable bonds is 5. The van der Waals surface area contributed by atoms with Crippen LogP contribution in [0.1, 0.15) is 40.2 Å². The molecule has 2 aromatic rings. The first-order valence-corrected chi connectivity index (χ1v) is 7.97. The molecule has 0 saturated heterocycles. The van der Waals surface area contributed by atoms with Gasteiger partial charge in [0.05, 0.1) is 0 Å². The van der Waals surface area contributed by atoms with Crippen LogP contribution in [0, 0.1) is 12.7 Å². The molecule has 1 heterocycles. The van der Waals surface area contributed by atoms with Crippen LogP contribution in [0.4, 0.5) is 4.39 Å². The van der Waals surface area contributed by atoms with E-state index >= 15 is 0 Å². The molecule has 1 aromatic heterocycles. The SMILES string of the molecule is Cc1ccc(-n2nc(C(=O)NCCCN)c3c2CCC3)c(F)c1. The maximum atomic E-state index is 14.3. The quantitative estimate of drug-likeness (QED) is 0.827. The highest BCUT2D eigenvalue weighted by molar-refractivity contribution is 5.94. The van der Waals surface area contributed by atoms with Gasteiger partial charge in [-0.05, 0) is 56.8 Å². The van der Waals surface area contributed by atoms with Crippen LogP contribution in [0.5, 0.6) is 0 Å². The van der Waals surface area contributed by atoms with Gasteiger partial charge >= 0.3 is 0 Å². The van der Waals surface area contributed by atoms with Crippen LogP contribution in [-0.4, -0.2) is 28.8 Å². The maximum absolute atomic E-state index is 14.3. The lowest BCUT2D eigenvalue weighted by molar-refractivity contribution is 0.0947. The van der Waals surface area contributed by atoms with Crippen LogP contribution in [0.15, 0.2) is 18.2 Å². The van der Waals surface area contributed by atoms with Gasteiger partial charge in [-0.25, -0.2) is 9.07 Å². The number of fused-ring (bicyclic) bond motifs is 1. The van der Waals surface area contributed by atoms with E-state index < -0.39 is 0 Å². The van der Waals surface area contributed by atoms with Crippen molar-refractivity contribution in [3.05, 3.63) is 46.5 Å². The third-order valence-electron chi connectivity index (χ3n) is 4.14. The van der Waals surface area contributed by atoms with Gasteiger partial charge < -0.3 is 11.1 Å². The number of aromatic nitrogens is 2. The Bertz CT molecular complexity index is 738. The summed E-state index contributed by atoms with van der Waals surface area (Å²) in [5.41, 5.74) is 8.99. The largest absolute Gasteiger partial charge is 0.351 e. The van der Waals surface area contributed by atoms with Gasteiger partial charge in [-0.1, -0.05) is 6.07 Å². The molecule has 0 atom stereocenters. The van der Waals surface area contributed by atoms with Gasteiger partial charge in [0.2, 0.25) is 0 Å². The number of carbonyl (C=O) groups is 1. The molecule has 0 bridgehead atoms. The lowest BCUT2D eigenvalue weighted by Crippen LogP contribution is -2.27. The molecular formula is C17H21FN4O. The third-order valence-corrected chi connectivity index (χ3v) is 4.14. The molecule has 1 aromatic carbocycles. The Labute approximate surface area is 134 Å². The highest BCUT2D eigenvalue weighted by Gasteiger charge is 2.27. The van der Waals surface area contributed by atoms with Crippen molar-refractivity contribution in [1.29, 1.82) is 0 Å². The fraction of sp³-hybridized carbons (Fsp3) is 0.412. The maximum Gasteiger partial charge on any atom is 0.272 e. The standard InChI is InChI=1S/C17H21FN4O/c1-11-6-7-15(13(18)10-11)22-14-5-2-4-12(14)16(21-22)17(23)20-9-3-8-19/h6-7,10H,2-5,8-9,19H2,1H3,(H,20,23). The Morgan fingerprint density at radius 1 is 1.43 bits per heavy atom. The summed E-state index contributed by atoms with van der Waals surface area (Å²) in [6, 6.07) is 5.05. The minimum Gasteiger partial charge on any atom is -0.351 e. The van der Waals surface area contributed by atoms with Crippen molar-refractivity contribution in [2.45, 2.75) is 32.6 Å². The second-order valence-corrected chi connectivity index (χ2v) is 5.89. The van der Waals surface area contributed by atoms with Crippen LogP contribution in [0.2, 0.25) is 0 Å². The van der Waals surface area contributed by atoms with E-state index in [0.717, 1.165) is 42.5 Å². The molecule has 0 aliphatic heterocycles. The van der Waals surface area contributed by atoms with E-state index in [1.54, 1.807) is 10.7 Å². The van der Waals surface area contributed by atoms with Crippen LogP contribution in [-0.2, 0) is 12.8 Å². The number of nitrogens with two attached hydrogens (primary N) is 1. The van der Waals surface area contributed by atoms with E-state index in [1.807, 2.05) is 13.0 Å². The van der Waals surface area contributed by atoms with Crippen molar-refractivity contribution >= 4 is 5.91 Å². The summed E-state index contributed by atoms with van der Waals surface area (Å²) in [6.07, 6.45) is 3.30. The zero-order valence-corrected chi connectivity index (χ0v) is 13.2. The average molecular weight is 316 g/mol. The zero-order valence-electron chi connectivity index (χ0n) is 13.2. The molecule has 1 amide bonds. The third kappa shape index (κ3) is 2.99. The molecule has 1 aliphatic rings. The number of halogens is 1. The Morgan fingerprint density at radius 2 is 2.26 bits per heavy atom. The molecule has 6 heteroatoms. The average Bonchev–Trinajstić information content (AvgIpc) is 3.10. The molecule has 3 N–H and O–H groups in total. The molecule has 3 rings (SSSR count). The van der Waals surface area contributed by atoms with Crippen LogP contribution < -0.4 is 11.1 Å². The molecule has 5 nitrogen and oxygen atoms in total. The van der Waals surface area contributed by atoms with Gasteiger partial charge in [-0.2, -0.15) is 5.10 Å². The molecule has 0 spiro atoms. The van der Waals surface area contributed by atoms with Crippen molar-refractivity contribution in [2.75, 3.05) is 13.1 Å². The summed E-state index contributed by atoms with van der Waals surface area (Å²) in [5, 5.41) is 7.23. The van der Waals surface area contributed by atoms with Crippen LogP contribution in [0.25, 0.3) is 5.69 Å². The fourth-order valence-corrected chi connectivity index (χ4v) is 2.99. The lowest BCUT2D eigenvalue weighted by Gasteiger charge is -2.07. The number of hydrogen-bond acceptors (Lipinski definition) is 3. The Kier molecular flexibility index (Phi) is 4.43. The van der Waals surface area contributed by atoms with E-state index in [1.165, 1.54) is 6.07 Å². The molecule has 0 fully saturated rings. The topological polar surface area (TPSA) is 72.9 Å². The smallest absolute Gasteiger partial charge is 0.272 e. The first kappa shape index (κ1) is 15.7. The van der Waals surface area contributed by atoms with Crippen molar-refractivity contribution in [2.24, 2.45) is 5.73 Å². The molecule has 122 valence electrons. The van der Waals surface area contributed by atoms with Gasteiger partial charge in [0, 0.05) is 17.8 Å². The van der Waals surface area contributed by atoms with Crippen molar-refractivity contribution in [1.82, 2.24) is 15.1 Å². The van der Waals surface area contributed by atoms with E-state index in [-0.39, 0.29) is 11.7 Å². The van der Waals surface area contributed by atoms with Gasteiger partial charge in [0.1, 0.15) is 11.5 Å². The number of nitrogens with zero attached hydrogens (tertiary/aromatic N) is 2. The van der Waals surface area contributed by atoms with Gasteiger partial charge in [-0.3, -0.25) is 4.79 Å². The van der Waals surface area contributed by atoms with Gasteiger partial charge in [-0.15, -0.1) is 0 Å². The Balaban J connectivity index is 1.97. The van der Waals surface area contributed by atoms with Crippen LogP contribution in [0.3, 0.4) is 0 Å². The lowest BCUT2D eigenvalue weighted by atomic mass is 10.2. The Morgan fingerprint density at radius 3 is 3.00 bits per heavy atom. The first-order chi connectivity index (χ1) is 11.1. The highest BCUT2D eigenvalue weighted by atomic mass is 19.1. The van der Waals surface area contributed by atoms with Crippen LogP contribution >= 0.6 is 0 Å². The number of aryl methyl sites for hydroxylation is 1. The summed E-state index contributed by atoms with van der Waals surface area (Å²) in [6.45, 7) is 2.90. The zero-order chi connectivity index (χ0) is 16.4. The summed E-state index contributed by atoms with van der Waals surface area (Å²) in [4.78, 5) is 12.3. The molecule has 23 heavy (non-hydrogen) atoms. The van der Waals surface area contributed by atoms with Gasteiger partial charge in [0.15, 0.2) is 5.69 Å². The number of amides is 1. The molecule has 0 saturated carbocycles. The second kappa shape index (κ2) is 6.50. The van der Waals surface area contributed by atoms with Gasteiger partial charge in [0.25, 0.3) is 5.91 Å². The molecule has 0 radical (unpaired) electrons. The summed E-state index contributed by atoms with van der Waals surface area (Å²) < 4.78 is 15.9. The monoisotopic (exact) mass is 316 g/mol. The van der Waals surface area contributed by atoms with Crippen molar-refractivity contribution in [3.63, 3.8) is 0 Å². The number of nitrogens with one attached hydrogen (secondary N) is 1. The normalized spacial score (nSPS) is 13.2. The summed E-state index contributed by atoms with van der Waals surface area (Å²) in [7, 11) is 0. The number of carbonyl (C=O) groups excluding carboxylic acids is 1. The van der Waals surface area contributed by atoms with E-state index in [2.05, 4.69) is 10.4 Å². The second-order valence-electron chi connectivity index (χ2n) is 5.89. The summed E-state index contributed by atoms with van der Waals surface area (Å²) in [5.74, 6) is -0.528. The minimum absolute atomic E-state index is 0.206. The Hall–Kier alpha value is -2.21. The number of benzene rings is 1. The van der Waals surface area contributed by atoms with Crippen molar-refractivity contribution < 1.29 is 9.18 Å². The van der Waals surface area contributed by atoms with E-state index in [9.17, 15) is 9.18 Å². The molecule has 1 aliphatic carbocycles.